The van der Waals surface area contributed by atoms with Crippen LogP contribution in [0.2, 0.25) is 0 Å². The Bertz CT molecular complexity index is 1140. The molecule has 0 saturated carbocycles. The van der Waals surface area contributed by atoms with Gasteiger partial charge in [0.05, 0.1) is 16.7 Å². The van der Waals surface area contributed by atoms with E-state index < -0.39 is 6.09 Å². The second-order valence-electron chi connectivity index (χ2n) is 7.15. The number of fused-ring (bicyclic) bond motifs is 2. The van der Waals surface area contributed by atoms with Gasteiger partial charge in [-0.2, -0.15) is 0 Å². The number of rotatable bonds is 5. The maximum absolute atomic E-state index is 12.1. The first-order valence-electron chi connectivity index (χ1n) is 9.66. The largest absolute Gasteiger partial charge is 0.428 e. The monoisotopic (exact) mass is 385 g/mol. The third-order valence-corrected chi connectivity index (χ3v) is 4.63. The molecule has 146 valence electrons. The highest BCUT2D eigenvalue weighted by Gasteiger charge is 2.16. The molecule has 0 aliphatic heterocycles. The van der Waals surface area contributed by atoms with Crippen LogP contribution in [0.3, 0.4) is 0 Å². The SMILES string of the molecule is CC(C)NC(=O)OCN(c1ccccc1)c1cccc2nc3ccccc3cc12. The summed E-state index contributed by atoms with van der Waals surface area (Å²) in [6.07, 6.45) is -0.440. The van der Waals surface area contributed by atoms with Crippen molar-refractivity contribution in [2.45, 2.75) is 19.9 Å². The minimum atomic E-state index is -0.440. The van der Waals surface area contributed by atoms with Crippen LogP contribution in [0.5, 0.6) is 0 Å². The molecule has 0 bridgehead atoms. The number of carbonyl (C=O) groups excluding carboxylic acids is 1. The maximum Gasteiger partial charge on any atom is 0.409 e. The Morgan fingerprint density at radius 1 is 0.966 bits per heavy atom. The van der Waals surface area contributed by atoms with Crippen molar-refractivity contribution in [2.75, 3.05) is 11.6 Å². The molecule has 29 heavy (non-hydrogen) atoms. The normalized spacial score (nSPS) is 11.0. The molecular weight excluding hydrogens is 362 g/mol. The van der Waals surface area contributed by atoms with Crippen LogP contribution in [0, 0.1) is 0 Å². The summed E-state index contributed by atoms with van der Waals surface area (Å²) in [6, 6.07) is 26.1. The van der Waals surface area contributed by atoms with E-state index in [1.54, 1.807) is 0 Å². The lowest BCUT2D eigenvalue weighted by atomic mass is 10.1. The minimum Gasteiger partial charge on any atom is -0.428 e. The number of carbonyl (C=O) groups is 1. The van der Waals surface area contributed by atoms with Crippen LogP contribution in [0.4, 0.5) is 16.2 Å². The molecule has 1 N–H and O–H groups in total. The summed E-state index contributed by atoms with van der Waals surface area (Å²) < 4.78 is 5.52. The third kappa shape index (κ3) is 4.14. The molecule has 4 rings (SSSR count). The van der Waals surface area contributed by atoms with E-state index in [2.05, 4.69) is 17.4 Å². The highest BCUT2D eigenvalue weighted by molar-refractivity contribution is 6.00. The van der Waals surface area contributed by atoms with Crippen LogP contribution in [0.1, 0.15) is 13.8 Å². The zero-order valence-electron chi connectivity index (χ0n) is 16.5. The van der Waals surface area contributed by atoms with Gasteiger partial charge < -0.3 is 15.0 Å². The fourth-order valence-electron chi connectivity index (χ4n) is 3.31. The number of alkyl carbamates (subject to hydrolysis) is 1. The lowest BCUT2D eigenvalue weighted by Gasteiger charge is -2.26. The average Bonchev–Trinajstić information content (AvgIpc) is 2.73. The summed E-state index contributed by atoms with van der Waals surface area (Å²) in [6.45, 7) is 3.89. The van der Waals surface area contributed by atoms with E-state index in [1.807, 2.05) is 85.5 Å². The summed E-state index contributed by atoms with van der Waals surface area (Å²) in [7, 11) is 0. The van der Waals surface area contributed by atoms with Gasteiger partial charge in [0.25, 0.3) is 0 Å². The van der Waals surface area contributed by atoms with Gasteiger partial charge in [-0.25, -0.2) is 9.78 Å². The van der Waals surface area contributed by atoms with Gasteiger partial charge in [0.1, 0.15) is 0 Å². The quantitative estimate of drug-likeness (QED) is 0.358. The van der Waals surface area contributed by atoms with Gasteiger partial charge in [-0.1, -0.05) is 42.5 Å². The van der Waals surface area contributed by atoms with Crippen LogP contribution in [-0.4, -0.2) is 23.8 Å². The molecule has 0 saturated heterocycles. The van der Waals surface area contributed by atoms with Gasteiger partial charge in [-0.15, -0.1) is 0 Å². The van der Waals surface area contributed by atoms with Crippen molar-refractivity contribution in [1.29, 1.82) is 0 Å². The second-order valence-corrected chi connectivity index (χ2v) is 7.15. The van der Waals surface area contributed by atoms with Crippen molar-refractivity contribution in [3.63, 3.8) is 0 Å². The van der Waals surface area contributed by atoms with Crippen LogP contribution in [0.25, 0.3) is 21.8 Å². The van der Waals surface area contributed by atoms with E-state index in [0.29, 0.717) is 0 Å². The number of hydrogen-bond donors (Lipinski definition) is 1. The van der Waals surface area contributed by atoms with E-state index >= 15 is 0 Å². The van der Waals surface area contributed by atoms with E-state index in [-0.39, 0.29) is 12.8 Å². The number of nitrogens with zero attached hydrogens (tertiary/aromatic N) is 2. The van der Waals surface area contributed by atoms with Gasteiger partial charge in [-0.05, 0) is 50.2 Å². The first-order chi connectivity index (χ1) is 14.1. The number of hydrogen-bond acceptors (Lipinski definition) is 4. The Morgan fingerprint density at radius 2 is 1.69 bits per heavy atom. The lowest BCUT2D eigenvalue weighted by Crippen LogP contribution is -2.34. The molecule has 4 aromatic rings. The van der Waals surface area contributed by atoms with E-state index in [0.717, 1.165) is 33.2 Å². The van der Waals surface area contributed by atoms with Gasteiger partial charge in [-0.3, -0.25) is 0 Å². The number of pyridine rings is 1. The van der Waals surface area contributed by atoms with Crippen LogP contribution >= 0.6 is 0 Å². The fraction of sp³-hybridized carbons (Fsp3) is 0.167. The smallest absolute Gasteiger partial charge is 0.409 e. The van der Waals surface area contributed by atoms with E-state index in [4.69, 9.17) is 9.72 Å². The number of anilines is 2. The van der Waals surface area contributed by atoms with Crippen molar-refractivity contribution in [3.05, 3.63) is 78.9 Å². The Hall–Kier alpha value is -3.60. The number of ether oxygens (including phenoxy) is 1. The number of amides is 1. The highest BCUT2D eigenvalue weighted by atomic mass is 16.6. The summed E-state index contributed by atoms with van der Waals surface area (Å²) in [4.78, 5) is 18.9. The minimum absolute atomic E-state index is 0.0146. The predicted molar refractivity (Wildman–Crippen MR) is 117 cm³/mol. The number of aromatic nitrogens is 1. The Kier molecular flexibility index (Phi) is 5.29. The molecule has 1 amide bonds. The molecular formula is C24H23N3O2. The Labute approximate surface area is 169 Å². The van der Waals surface area contributed by atoms with Crippen LogP contribution in [0.15, 0.2) is 78.9 Å². The highest BCUT2D eigenvalue weighted by Crippen LogP contribution is 2.33. The molecule has 0 spiro atoms. The third-order valence-electron chi connectivity index (χ3n) is 4.63. The Morgan fingerprint density at radius 3 is 2.48 bits per heavy atom. The van der Waals surface area contributed by atoms with Gasteiger partial charge in [0.15, 0.2) is 6.73 Å². The molecule has 5 heteroatoms. The number of benzene rings is 3. The van der Waals surface area contributed by atoms with Crippen molar-refractivity contribution in [1.82, 2.24) is 10.3 Å². The first kappa shape index (κ1) is 18.7. The second kappa shape index (κ2) is 8.19. The molecule has 0 atom stereocenters. The molecule has 5 nitrogen and oxygen atoms in total. The zero-order valence-corrected chi connectivity index (χ0v) is 16.5. The molecule has 0 aliphatic carbocycles. The number of para-hydroxylation sites is 2. The summed E-state index contributed by atoms with van der Waals surface area (Å²) >= 11 is 0. The molecule has 0 fully saturated rings. The average molecular weight is 385 g/mol. The number of nitrogens with one attached hydrogen (secondary N) is 1. The molecule has 0 radical (unpaired) electrons. The summed E-state index contributed by atoms with van der Waals surface area (Å²) in [5.74, 6) is 0. The van der Waals surface area contributed by atoms with Crippen molar-refractivity contribution >= 4 is 39.3 Å². The summed E-state index contributed by atoms with van der Waals surface area (Å²) in [5, 5.41) is 4.83. The van der Waals surface area contributed by atoms with Crippen molar-refractivity contribution < 1.29 is 9.53 Å². The Balaban J connectivity index is 1.78. The molecule has 0 aliphatic rings. The summed E-state index contributed by atoms with van der Waals surface area (Å²) in [5.41, 5.74) is 3.72. The first-order valence-corrected chi connectivity index (χ1v) is 9.66. The van der Waals surface area contributed by atoms with Crippen LogP contribution in [-0.2, 0) is 4.74 Å². The van der Waals surface area contributed by atoms with E-state index in [1.165, 1.54) is 0 Å². The molecule has 1 aromatic heterocycles. The van der Waals surface area contributed by atoms with Crippen molar-refractivity contribution in [2.24, 2.45) is 0 Å². The standard InChI is InChI=1S/C24H23N3O2/c1-17(2)25-24(28)29-16-27(19-10-4-3-5-11-19)23-14-8-13-22-20(23)15-18-9-6-7-12-21(18)26-22/h3-15,17H,16H2,1-2H3,(H,25,28). The fourth-order valence-corrected chi connectivity index (χ4v) is 3.31. The topological polar surface area (TPSA) is 54.5 Å². The van der Waals surface area contributed by atoms with Crippen LogP contribution < -0.4 is 10.2 Å². The maximum atomic E-state index is 12.1. The lowest BCUT2D eigenvalue weighted by molar-refractivity contribution is 0.146. The van der Waals surface area contributed by atoms with Gasteiger partial charge in [0, 0.05) is 22.5 Å². The van der Waals surface area contributed by atoms with E-state index in [9.17, 15) is 4.79 Å². The van der Waals surface area contributed by atoms with Crippen molar-refractivity contribution in [3.8, 4) is 0 Å². The molecule has 0 unspecified atom stereocenters. The molecule has 1 heterocycles. The van der Waals surface area contributed by atoms with Gasteiger partial charge >= 0.3 is 6.09 Å². The predicted octanol–water partition coefficient (Wildman–Crippen LogP) is 5.62. The zero-order chi connectivity index (χ0) is 20.2. The molecule has 3 aromatic carbocycles. The van der Waals surface area contributed by atoms with Gasteiger partial charge in [0.2, 0.25) is 0 Å².